The molecule has 0 amide bonds. The average molecular weight is 593 g/mol. The molecule has 1 N–H and O–H groups in total. The lowest BCUT2D eigenvalue weighted by molar-refractivity contribution is 0.303. The minimum absolute atomic E-state index is 0.0943. The monoisotopic (exact) mass is 591 g/mol. The third-order valence-corrected chi connectivity index (χ3v) is 9.77. The summed E-state index contributed by atoms with van der Waals surface area (Å²) in [5, 5.41) is 7.85. The molecule has 5 nitrogen and oxygen atoms in total. The van der Waals surface area contributed by atoms with Crippen LogP contribution < -0.4 is 4.72 Å². The maximum absolute atomic E-state index is 13.0. The molecule has 2 atom stereocenters. The van der Waals surface area contributed by atoms with E-state index >= 15 is 0 Å². The van der Waals surface area contributed by atoms with Crippen molar-refractivity contribution in [1.82, 2.24) is 14.5 Å². The highest BCUT2D eigenvalue weighted by Gasteiger charge is 2.32. The van der Waals surface area contributed by atoms with Crippen LogP contribution in [0.15, 0.2) is 47.9 Å². The predicted octanol–water partition coefficient (Wildman–Crippen LogP) is 7.96. The highest BCUT2D eigenvalue weighted by Crippen LogP contribution is 2.40. The van der Waals surface area contributed by atoms with Crippen LogP contribution in [-0.4, -0.2) is 24.2 Å². The summed E-state index contributed by atoms with van der Waals surface area (Å²) >= 11 is 19.0. The zero-order valence-electron chi connectivity index (χ0n) is 21.3. The van der Waals surface area contributed by atoms with Crippen LogP contribution in [0.1, 0.15) is 73.9 Å². The van der Waals surface area contributed by atoms with E-state index in [0.29, 0.717) is 26.7 Å². The van der Waals surface area contributed by atoms with Gasteiger partial charge in [0.25, 0.3) is 0 Å². The number of sulfonamides is 1. The molecular weight excluding hydrogens is 561 g/mol. The maximum Gasteiger partial charge on any atom is 0.234 e. The molecule has 0 spiro atoms. The molecule has 1 aromatic heterocycles. The number of halogens is 3. The van der Waals surface area contributed by atoms with Gasteiger partial charge in [-0.25, -0.2) is 17.8 Å². The lowest BCUT2D eigenvalue weighted by Crippen LogP contribution is -2.37. The van der Waals surface area contributed by atoms with E-state index in [2.05, 4.69) is 10.8 Å². The van der Waals surface area contributed by atoms with Crippen molar-refractivity contribution in [1.29, 1.82) is 0 Å². The largest absolute Gasteiger partial charge is 0.235 e. The molecule has 1 fully saturated rings. The Morgan fingerprint density at radius 1 is 1.05 bits per heavy atom. The fraction of sp³-hybridized carbons (Fsp3) is 0.414. The summed E-state index contributed by atoms with van der Waals surface area (Å²) in [4.78, 5) is 0. The Kier molecular flexibility index (Phi) is 8.56. The van der Waals surface area contributed by atoms with E-state index in [1.165, 1.54) is 24.7 Å². The van der Waals surface area contributed by atoms with Crippen LogP contribution in [0.25, 0.3) is 11.8 Å². The second-order valence-electron chi connectivity index (χ2n) is 10.5. The molecule has 38 heavy (non-hydrogen) atoms. The normalized spacial score (nSPS) is 19.2. The Bertz CT molecular complexity index is 1450. The number of hydrogen-bond donors (Lipinski definition) is 1. The first kappa shape index (κ1) is 27.7. The third kappa shape index (κ3) is 6.31. The number of nitrogens with zero attached hydrogens (tertiary/aromatic N) is 2. The van der Waals surface area contributed by atoms with Crippen molar-refractivity contribution in [2.45, 2.75) is 70.3 Å². The molecule has 2 aliphatic carbocycles. The lowest BCUT2D eigenvalue weighted by atomic mass is 9.85. The molecule has 202 valence electrons. The number of aromatic nitrogens is 2. The first-order chi connectivity index (χ1) is 18.2. The number of hydrogen-bond acceptors (Lipinski definition) is 3. The molecule has 5 rings (SSSR count). The summed E-state index contributed by atoms with van der Waals surface area (Å²) < 4.78 is 30.7. The Balaban J connectivity index is 1.46. The summed E-state index contributed by atoms with van der Waals surface area (Å²) in [5.41, 5.74) is 4.61. The fourth-order valence-corrected chi connectivity index (χ4v) is 7.71. The minimum Gasteiger partial charge on any atom is -0.235 e. The van der Waals surface area contributed by atoms with Crippen molar-refractivity contribution < 1.29 is 8.42 Å². The highest BCUT2D eigenvalue weighted by atomic mass is 35.5. The van der Waals surface area contributed by atoms with Crippen LogP contribution in [0.5, 0.6) is 0 Å². The van der Waals surface area contributed by atoms with E-state index in [-0.39, 0.29) is 12.0 Å². The van der Waals surface area contributed by atoms with Gasteiger partial charge in [-0.3, -0.25) is 0 Å². The van der Waals surface area contributed by atoms with Crippen LogP contribution in [0.4, 0.5) is 0 Å². The van der Waals surface area contributed by atoms with Gasteiger partial charge >= 0.3 is 0 Å². The van der Waals surface area contributed by atoms with Gasteiger partial charge in [-0.05, 0) is 86.9 Å². The minimum atomic E-state index is -3.62. The van der Waals surface area contributed by atoms with Crippen molar-refractivity contribution in [3.8, 4) is 5.69 Å². The van der Waals surface area contributed by atoms with Gasteiger partial charge < -0.3 is 0 Å². The highest BCUT2D eigenvalue weighted by molar-refractivity contribution is 7.92. The Labute approximate surface area is 240 Å². The number of rotatable bonds is 8. The first-order valence-corrected chi connectivity index (χ1v) is 15.9. The molecule has 0 aliphatic heterocycles. The van der Waals surface area contributed by atoms with Gasteiger partial charge in [0.05, 0.1) is 22.1 Å². The Morgan fingerprint density at radius 2 is 1.82 bits per heavy atom. The van der Waals surface area contributed by atoms with Crippen molar-refractivity contribution in [2.24, 2.45) is 5.92 Å². The summed E-state index contributed by atoms with van der Waals surface area (Å²) in [6.07, 6.45) is 9.86. The van der Waals surface area contributed by atoms with Crippen LogP contribution in [-0.2, 0) is 22.9 Å². The molecule has 3 aromatic rings. The predicted molar refractivity (Wildman–Crippen MR) is 157 cm³/mol. The molecule has 0 saturated heterocycles. The van der Waals surface area contributed by atoms with Gasteiger partial charge in [-0.15, -0.1) is 0 Å². The summed E-state index contributed by atoms with van der Waals surface area (Å²) in [5.74, 6) is 0.570. The first-order valence-electron chi connectivity index (χ1n) is 13.2. The number of fused-ring (bicyclic) bond motifs is 1. The van der Waals surface area contributed by atoms with Gasteiger partial charge in [-0.1, -0.05) is 66.2 Å². The summed E-state index contributed by atoms with van der Waals surface area (Å²) in [6.45, 7) is 1.97. The van der Waals surface area contributed by atoms with Crippen LogP contribution in [0.2, 0.25) is 15.1 Å². The van der Waals surface area contributed by atoms with E-state index < -0.39 is 10.0 Å². The van der Waals surface area contributed by atoms with E-state index in [9.17, 15) is 8.42 Å². The molecule has 0 radical (unpaired) electrons. The third-order valence-electron chi connectivity index (χ3n) is 7.81. The summed E-state index contributed by atoms with van der Waals surface area (Å²) in [6, 6.07) is 13.1. The number of benzene rings is 2. The molecule has 9 heteroatoms. The second kappa shape index (κ2) is 11.7. The quantitative estimate of drug-likeness (QED) is 0.289. The van der Waals surface area contributed by atoms with Gasteiger partial charge in [-0.2, -0.15) is 5.10 Å². The van der Waals surface area contributed by atoms with E-state index in [0.717, 1.165) is 54.6 Å². The Hall–Kier alpha value is -1.83. The second-order valence-corrected chi connectivity index (χ2v) is 13.4. The fourth-order valence-electron chi connectivity index (χ4n) is 5.91. The molecular formula is C29H32Cl3N3O2S. The molecule has 2 aliphatic rings. The van der Waals surface area contributed by atoms with E-state index in [4.69, 9.17) is 39.9 Å². The molecule has 1 heterocycles. The average Bonchev–Trinajstić information content (AvgIpc) is 3.44. The van der Waals surface area contributed by atoms with E-state index in [1.54, 1.807) is 18.2 Å². The topological polar surface area (TPSA) is 64.0 Å². The van der Waals surface area contributed by atoms with Crippen molar-refractivity contribution in [3.05, 3.63) is 85.5 Å². The molecule has 0 bridgehead atoms. The standard InChI is InChI=1S/C29H32Cl3N3O2S/c1-19(21-7-3-2-4-8-21)34-38(36,37)15-14-27-25-12-10-22(16-20-6-5-9-23(30)17-20)29(25)35(33-27)28-13-11-24(31)18-26(28)32/h5-6,9,11,13-15,17-19,21-22,34H,2-4,7-8,10,12,16H2,1H3/t19-,22?/m1/s1. The summed E-state index contributed by atoms with van der Waals surface area (Å²) in [7, 11) is -3.62. The van der Waals surface area contributed by atoms with Crippen molar-refractivity contribution in [2.75, 3.05) is 0 Å². The van der Waals surface area contributed by atoms with Crippen LogP contribution in [0.3, 0.4) is 0 Å². The zero-order chi connectivity index (χ0) is 26.9. The Morgan fingerprint density at radius 3 is 2.55 bits per heavy atom. The van der Waals surface area contributed by atoms with Gasteiger partial charge in [0.2, 0.25) is 10.0 Å². The molecule has 1 saturated carbocycles. The SMILES string of the molecule is C[C@@H](NS(=O)(=O)C=Cc1nn(-c2ccc(Cl)cc2Cl)c2c1CCC2Cc1cccc(Cl)c1)C1CCCCC1. The van der Waals surface area contributed by atoms with Crippen molar-refractivity contribution in [3.63, 3.8) is 0 Å². The lowest BCUT2D eigenvalue weighted by Gasteiger charge is -2.27. The van der Waals surface area contributed by atoms with Gasteiger partial charge in [0, 0.05) is 33.0 Å². The smallest absolute Gasteiger partial charge is 0.234 e. The zero-order valence-corrected chi connectivity index (χ0v) is 24.4. The van der Waals surface area contributed by atoms with Gasteiger partial charge in [0.15, 0.2) is 0 Å². The number of nitrogens with one attached hydrogen (secondary N) is 1. The maximum atomic E-state index is 13.0. The molecule has 2 aromatic carbocycles. The molecule has 1 unspecified atom stereocenters. The van der Waals surface area contributed by atoms with Crippen molar-refractivity contribution >= 4 is 50.9 Å². The van der Waals surface area contributed by atoms with Gasteiger partial charge in [0.1, 0.15) is 0 Å². The van der Waals surface area contributed by atoms with Crippen LogP contribution >= 0.6 is 34.8 Å². The van der Waals surface area contributed by atoms with Crippen LogP contribution in [0, 0.1) is 5.92 Å². The van der Waals surface area contributed by atoms with E-state index in [1.807, 2.05) is 35.9 Å².